The van der Waals surface area contributed by atoms with E-state index >= 15 is 0 Å². The summed E-state index contributed by atoms with van der Waals surface area (Å²) >= 11 is 3.17. The first kappa shape index (κ1) is 13.4. The fraction of sp³-hybridized carbons (Fsp3) is 0.400. The summed E-state index contributed by atoms with van der Waals surface area (Å²) in [5, 5.41) is 8.61. The van der Waals surface area contributed by atoms with Gasteiger partial charge in [-0.2, -0.15) is 4.31 Å². The van der Waals surface area contributed by atoms with Crippen molar-refractivity contribution in [3.63, 3.8) is 0 Å². The summed E-state index contributed by atoms with van der Waals surface area (Å²) in [4.78, 5) is 14.4. The summed E-state index contributed by atoms with van der Waals surface area (Å²) < 4.78 is 26.1. The highest BCUT2D eigenvalue weighted by atomic mass is 79.9. The molecular formula is C10H11BrN2O4S. The Bertz CT molecular complexity index is 569. The standard InChI is InChI=1S/C10H11BrN2O4S/c11-8-2-9(4-12-3-8)18(16,17)13-5-7(6-13)1-10(14)15/h2-4,7H,1,5-6H2,(H,14,15). The summed E-state index contributed by atoms with van der Waals surface area (Å²) in [7, 11) is -3.55. The third kappa shape index (κ3) is 2.70. The van der Waals surface area contributed by atoms with Gasteiger partial charge in [-0.3, -0.25) is 9.78 Å². The fourth-order valence-corrected chi connectivity index (χ4v) is 3.88. The Balaban J connectivity index is 2.08. The molecular weight excluding hydrogens is 324 g/mol. The summed E-state index contributed by atoms with van der Waals surface area (Å²) in [5.74, 6) is -1.00. The fourth-order valence-electron chi connectivity index (χ4n) is 1.78. The minimum atomic E-state index is -3.55. The van der Waals surface area contributed by atoms with Crippen molar-refractivity contribution in [2.45, 2.75) is 11.3 Å². The van der Waals surface area contributed by atoms with E-state index in [0.29, 0.717) is 4.47 Å². The predicted octanol–water partition coefficient (Wildman–Crippen LogP) is 0.939. The molecule has 0 aromatic carbocycles. The smallest absolute Gasteiger partial charge is 0.303 e. The molecule has 1 saturated heterocycles. The lowest BCUT2D eigenvalue weighted by Crippen LogP contribution is -2.50. The Morgan fingerprint density at radius 1 is 1.50 bits per heavy atom. The average Bonchev–Trinajstić information content (AvgIpc) is 2.22. The topological polar surface area (TPSA) is 87.6 Å². The van der Waals surface area contributed by atoms with Crippen LogP contribution in [0.4, 0.5) is 0 Å². The van der Waals surface area contributed by atoms with Crippen molar-refractivity contribution in [1.82, 2.24) is 9.29 Å². The van der Waals surface area contributed by atoms with Crippen molar-refractivity contribution in [1.29, 1.82) is 0 Å². The van der Waals surface area contributed by atoms with Gasteiger partial charge in [0.05, 0.1) is 6.42 Å². The van der Waals surface area contributed by atoms with Gasteiger partial charge in [-0.25, -0.2) is 8.42 Å². The van der Waals surface area contributed by atoms with Gasteiger partial charge in [0.1, 0.15) is 4.90 Å². The number of carboxylic acids is 1. The quantitative estimate of drug-likeness (QED) is 0.885. The first-order chi connectivity index (χ1) is 8.39. The lowest BCUT2D eigenvalue weighted by atomic mass is 10.00. The molecule has 0 saturated carbocycles. The molecule has 6 nitrogen and oxygen atoms in total. The Morgan fingerprint density at radius 2 is 2.17 bits per heavy atom. The zero-order valence-electron chi connectivity index (χ0n) is 9.28. The van der Waals surface area contributed by atoms with Crippen LogP contribution < -0.4 is 0 Å². The number of aromatic nitrogens is 1. The largest absolute Gasteiger partial charge is 0.481 e. The second kappa shape index (κ2) is 4.94. The average molecular weight is 335 g/mol. The maximum atomic E-state index is 12.1. The molecule has 1 fully saturated rings. The molecule has 1 aliphatic rings. The summed E-state index contributed by atoms with van der Waals surface area (Å²) in [6.45, 7) is 0.502. The maximum absolute atomic E-state index is 12.1. The van der Waals surface area contributed by atoms with Crippen LogP contribution in [0.3, 0.4) is 0 Å². The monoisotopic (exact) mass is 334 g/mol. The number of hydrogen-bond acceptors (Lipinski definition) is 4. The van der Waals surface area contributed by atoms with E-state index in [-0.39, 0.29) is 30.3 Å². The van der Waals surface area contributed by atoms with E-state index in [4.69, 9.17) is 5.11 Å². The summed E-state index contributed by atoms with van der Waals surface area (Å²) in [5.41, 5.74) is 0. The number of sulfonamides is 1. The highest BCUT2D eigenvalue weighted by molar-refractivity contribution is 9.10. The molecule has 0 bridgehead atoms. The third-order valence-electron chi connectivity index (χ3n) is 2.70. The second-order valence-corrected chi connectivity index (χ2v) is 6.98. The number of pyridine rings is 1. The van der Waals surface area contributed by atoms with Crippen molar-refractivity contribution < 1.29 is 18.3 Å². The van der Waals surface area contributed by atoms with E-state index in [9.17, 15) is 13.2 Å². The van der Waals surface area contributed by atoms with Gasteiger partial charge in [0.2, 0.25) is 10.0 Å². The lowest BCUT2D eigenvalue weighted by molar-refractivity contribution is -0.139. The number of nitrogens with zero attached hydrogens (tertiary/aromatic N) is 2. The van der Waals surface area contributed by atoms with Crippen molar-refractivity contribution >= 4 is 31.9 Å². The van der Waals surface area contributed by atoms with Crippen LogP contribution in [-0.4, -0.2) is 41.9 Å². The third-order valence-corrected chi connectivity index (χ3v) is 4.94. The molecule has 2 rings (SSSR count). The van der Waals surface area contributed by atoms with Gasteiger partial charge < -0.3 is 5.11 Å². The molecule has 0 aliphatic carbocycles. The Kier molecular flexibility index (Phi) is 3.69. The Labute approximate surface area is 113 Å². The van der Waals surface area contributed by atoms with Gasteiger partial charge in [0.15, 0.2) is 0 Å². The van der Waals surface area contributed by atoms with E-state index in [0.717, 1.165) is 0 Å². The molecule has 0 radical (unpaired) electrons. The normalized spacial score (nSPS) is 17.4. The van der Waals surface area contributed by atoms with E-state index in [1.54, 1.807) is 0 Å². The molecule has 1 aliphatic heterocycles. The molecule has 1 N–H and O–H groups in total. The van der Waals surface area contributed by atoms with Crippen LogP contribution in [0.25, 0.3) is 0 Å². The van der Waals surface area contributed by atoms with Crippen molar-refractivity contribution in [3.05, 3.63) is 22.9 Å². The molecule has 0 amide bonds. The van der Waals surface area contributed by atoms with Crippen molar-refractivity contribution in [2.75, 3.05) is 13.1 Å². The maximum Gasteiger partial charge on any atom is 0.303 e. The van der Waals surface area contributed by atoms with Gasteiger partial charge in [-0.05, 0) is 27.9 Å². The predicted molar refractivity (Wildman–Crippen MR) is 66.4 cm³/mol. The number of rotatable bonds is 4. The number of halogens is 1. The van der Waals surface area contributed by atoms with E-state index < -0.39 is 16.0 Å². The Morgan fingerprint density at radius 3 is 2.72 bits per heavy atom. The van der Waals surface area contributed by atoms with E-state index in [1.165, 1.54) is 22.8 Å². The highest BCUT2D eigenvalue weighted by Crippen LogP contribution is 2.27. The minimum Gasteiger partial charge on any atom is -0.481 e. The van der Waals surface area contributed by atoms with E-state index in [1.807, 2.05) is 0 Å². The summed E-state index contributed by atoms with van der Waals surface area (Å²) in [6, 6.07) is 1.48. The Hall–Kier alpha value is -0.990. The molecule has 1 aromatic rings. The SMILES string of the molecule is O=C(O)CC1CN(S(=O)(=O)c2cncc(Br)c2)C1. The van der Waals surface area contributed by atoms with Crippen LogP contribution in [0.15, 0.2) is 27.8 Å². The van der Waals surface area contributed by atoms with Gasteiger partial charge in [0.25, 0.3) is 0 Å². The van der Waals surface area contributed by atoms with Gasteiger partial charge >= 0.3 is 5.97 Å². The van der Waals surface area contributed by atoms with Crippen molar-refractivity contribution in [3.8, 4) is 0 Å². The summed E-state index contributed by atoms with van der Waals surface area (Å²) in [6.07, 6.45) is 2.79. The van der Waals surface area contributed by atoms with E-state index in [2.05, 4.69) is 20.9 Å². The van der Waals surface area contributed by atoms with Crippen LogP contribution in [0.1, 0.15) is 6.42 Å². The van der Waals surface area contributed by atoms with Gasteiger partial charge in [-0.1, -0.05) is 0 Å². The molecule has 0 unspecified atom stereocenters. The first-order valence-electron chi connectivity index (χ1n) is 5.22. The lowest BCUT2D eigenvalue weighted by Gasteiger charge is -2.37. The van der Waals surface area contributed by atoms with Crippen molar-refractivity contribution in [2.24, 2.45) is 5.92 Å². The van der Waals surface area contributed by atoms with Crippen LogP contribution >= 0.6 is 15.9 Å². The number of hydrogen-bond donors (Lipinski definition) is 1. The van der Waals surface area contributed by atoms with Gasteiger partial charge in [0, 0.05) is 30.0 Å². The number of carbonyl (C=O) groups is 1. The molecule has 0 spiro atoms. The zero-order chi connectivity index (χ0) is 13.3. The second-order valence-electron chi connectivity index (χ2n) is 4.12. The van der Waals surface area contributed by atoms with Crippen LogP contribution in [0, 0.1) is 5.92 Å². The highest BCUT2D eigenvalue weighted by Gasteiger charge is 2.37. The molecule has 18 heavy (non-hydrogen) atoms. The van der Waals surface area contributed by atoms with Crippen LogP contribution in [-0.2, 0) is 14.8 Å². The first-order valence-corrected chi connectivity index (χ1v) is 7.45. The molecule has 1 aromatic heterocycles. The van der Waals surface area contributed by atoms with Crippen LogP contribution in [0.5, 0.6) is 0 Å². The molecule has 0 atom stereocenters. The minimum absolute atomic E-state index is 0.00273. The molecule has 2 heterocycles. The molecule has 8 heteroatoms. The van der Waals surface area contributed by atoms with Gasteiger partial charge in [-0.15, -0.1) is 0 Å². The van der Waals surface area contributed by atoms with Crippen LogP contribution in [0.2, 0.25) is 0 Å². The molecule has 98 valence electrons. The number of aliphatic carboxylic acids is 1. The number of carboxylic acid groups (broad SMARTS) is 1. The zero-order valence-corrected chi connectivity index (χ0v) is 11.7.